The van der Waals surface area contributed by atoms with Crippen molar-refractivity contribution in [2.75, 3.05) is 13.7 Å². The molecule has 0 unspecified atom stereocenters. The van der Waals surface area contributed by atoms with E-state index in [2.05, 4.69) is 10.6 Å². The summed E-state index contributed by atoms with van der Waals surface area (Å²) in [6, 6.07) is 12.9. The van der Waals surface area contributed by atoms with Gasteiger partial charge in [-0.25, -0.2) is 0 Å². The van der Waals surface area contributed by atoms with E-state index in [0.29, 0.717) is 16.6 Å². The molecule has 6 heteroatoms. The number of hydrogen-bond acceptors (Lipinski definition) is 3. The van der Waals surface area contributed by atoms with Gasteiger partial charge in [-0.05, 0) is 42.3 Å². The minimum absolute atomic E-state index is 0.0542. The molecule has 4 nitrogen and oxygen atoms in total. The number of nitrogens with one attached hydrogen (secondary N) is 2. The molecule has 2 N–H and O–H groups in total. The Morgan fingerprint density at radius 1 is 1.17 bits per heavy atom. The lowest BCUT2D eigenvalue weighted by molar-refractivity contribution is -0.120. The van der Waals surface area contributed by atoms with E-state index < -0.39 is 0 Å². The van der Waals surface area contributed by atoms with Gasteiger partial charge in [0.05, 0.1) is 13.7 Å². The third-order valence-corrected chi connectivity index (χ3v) is 4.21. The lowest BCUT2D eigenvalue weighted by Crippen LogP contribution is -2.34. The highest BCUT2D eigenvalue weighted by Crippen LogP contribution is 2.25. The number of amides is 1. The maximum absolute atomic E-state index is 12.0. The number of halogens is 2. The van der Waals surface area contributed by atoms with Crippen LogP contribution in [0.2, 0.25) is 10.0 Å². The lowest BCUT2D eigenvalue weighted by Gasteiger charge is -2.16. The van der Waals surface area contributed by atoms with E-state index >= 15 is 0 Å². The Kier molecular flexibility index (Phi) is 6.91. The van der Waals surface area contributed by atoms with Crippen LogP contribution < -0.4 is 15.4 Å². The van der Waals surface area contributed by atoms with Crippen molar-refractivity contribution in [1.29, 1.82) is 0 Å². The van der Waals surface area contributed by atoms with Gasteiger partial charge in [-0.15, -0.1) is 0 Å². The van der Waals surface area contributed by atoms with Gasteiger partial charge in [0.25, 0.3) is 0 Å². The third kappa shape index (κ3) is 5.41. The molecular weight excluding hydrogens is 347 g/mol. The van der Waals surface area contributed by atoms with Gasteiger partial charge in [0.15, 0.2) is 0 Å². The number of carbonyl (C=O) groups is 1. The SMILES string of the molecule is COc1ccc(CNC(=O)CN[C@@H](C)c2ccc(Cl)cc2Cl)cc1. The summed E-state index contributed by atoms with van der Waals surface area (Å²) in [5.41, 5.74) is 1.92. The van der Waals surface area contributed by atoms with Gasteiger partial charge in [0.1, 0.15) is 5.75 Å². The molecule has 128 valence electrons. The predicted octanol–water partition coefficient (Wildman–Crippen LogP) is 3.97. The molecule has 0 saturated heterocycles. The Hall–Kier alpha value is -1.75. The number of rotatable bonds is 7. The second-order valence-corrected chi connectivity index (χ2v) is 6.24. The highest BCUT2D eigenvalue weighted by Gasteiger charge is 2.11. The van der Waals surface area contributed by atoms with E-state index in [9.17, 15) is 4.79 Å². The number of methoxy groups -OCH3 is 1. The van der Waals surface area contributed by atoms with Crippen LogP contribution in [0.15, 0.2) is 42.5 Å². The zero-order valence-electron chi connectivity index (χ0n) is 13.6. The summed E-state index contributed by atoms with van der Waals surface area (Å²) in [6.07, 6.45) is 0. The molecule has 0 heterocycles. The zero-order chi connectivity index (χ0) is 17.5. The molecule has 2 aromatic carbocycles. The molecule has 0 aliphatic rings. The highest BCUT2D eigenvalue weighted by atomic mass is 35.5. The van der Waals surface area contributed by atoms with E-state index in [1.165, 1.54) is 0 Å². The Bertz CT molecular complexity index is 690. The predicted molar refractivity (Wildman–Crippen MR) is 97.7 cm³/mol. The Morgan fingerprint density at radius 3 is 2.50 bits per heavy atom. The Morgan fingerprint density at radius 2 is 1.88 bits per heavy atom. The molecule has 0 fully saturated rings. The van der Waals surface area contributed by atoms with E-state index in [1.807, 2.05) is 37.3 Å². The molecule has 1 amide bonds. The van der Waals surface area contributed by atoms with Gasteiger partial charge in [0.2, 0.25) is 5.91 Å². The van der Waals surface area contributed by atoms with Crippen molar-refractivity contribution in [2.45, 2.75) is 19.5 Å². The Labute approximate surface area is 152 Å². The van der Waals surface area contributed by atoms with Crippen molar-refractivity contribution in [1.82, 2.24) is 10.6 Å². The van der Waals surface area contributed by atoms with Crippen molar-refractivity contribution in [3.8, 4) is 5.75 Å². The molecular formula is C18H20Cl2N2O2. The maximum Gasteiger partial charge on any atom is 0.234 e. The monoisotopic (exact) mass is 366 g/mol. The van der Waals surface area contributed by atoms with Crippen molar-refractivity contribution >= 4 is 29.1 Å². The first-order valence-electron chi connectivity index (χ1n) is 7.57. The fourth-order valence-corrected chi connectivity index (χ4v) is 2.79. The van der Waals surface area contributed by atoms with Gasteiger partial charge in [0, 0.05) is 22.6 Å². The lowest BCUT2D eigenvalue weighted by atomic mass is 10.1. The van der Waals surface area contributed by atoms with E-state index in [1.54, 1.807) is 19.2 Å². The van der Waals surface area contributed by atoms with Crippen LogP contribution in [0, 0.1) is 0 Å². The summed E-state index contributed by atoms with van der Waals surface area (Å²) in [4.78, 5) is 12.0. The zero-order valence-corrected chi connectivity index (χ0v) is 15.1. The molecule has 0 saturated carbocycles. The number of benzene rings is 2. The average Bonchev–Trinajstić information content (AvgIpc) is 2.58. The van der Waals surface area contributed by atoms with Gasteiger partial charge in [-0.2, -0.15) is 0 Å². The summed E-state index contributed by atoms with van der Waals surface area (Å²) in [5, 5.41) is 7.20. The minimum atomic E-state index is -0.0808. The minimum Gasteiger partial charge on any atom is -0.497 e. The quantitative estimate of drug-likeness (QED) is 0.779. The van der Waals surface area contributed by atoms with E-state index in [0.717, 1.165) is 16.9 Å². The summed E-state index contributed by atoms with van der Waals surface area (Å²) in [5.74, 6) is 0.711. The van der Waals surface area contributed by atoms with Crippen LogP contribution in [0.5, 0.6) is 5.75 Å². The molecule has 0 bridgehead atoms. The van der Waals surface area contributed by atoms with Gasteiger partial charge >= 0.3 is 0 Å². The van der Waals surface area contributed by atoms with Gasteiger partial charge < -0.3 is 15.4 Å². The van der Waals surface area contributed by atoms with Crippen LogP contribution in [-0.4, -0.2) is 19.6 Å². The maximum atomic E-state index is 12.0. The first kappa shape index (κ1) is 18.6. The fourth-order valence-electron chi connectivity index (χ4n) is 2.21. The van der Waals surface area contributed by atoms with Crippen molar-refractivity contribution in [2.24, 2.45) is 0 Å². The molecule has 2 aromatic rings. The summed E-state index contributed by atoms with van der Waals surface area (Å²) in [7, 11) is 1.62. The van der Waals surface area contributed by atoms with Gasteiger partial charge in [-0.3, -0.25) is 4.79 Å². The summed E-state index contributed by atoms with van der Waals surface area (Å²) < 4.78 is 5.10. The topological polar surface area (TPSA) is 50.4 Å². The second kappa shape index (κ2) is 8.92. The number of carbonyl (C=O) groups excluding carboxylic acids is 1. The van der Waals surface area contributed by atoms with E-state index in [-0.39, 0.29) is 18.5 Å². The molecule has 0 radical (unpaired) electrons. The molecule has 0 aliphatic carbocycles. The molecule has 1 atom stereocenters. The summed E-state index contributed by atoms with van der Waals surface area (Å²) >= 11 is 12.1. The third-order valence-electron chi connectivity index (χ3n) is 3.65. The van der Waals surface area contributed by atoms with Crippen LogP contribution in [0.1, 0.15) is 24.1 Å². The fraction of sp³-hybridized carbons (Fsp3) is 0.278. The smallest absolute Gasteiger partial charge is 0.234 e. The van der Waals surface area contributed by atoms with E-state index in [4.69, 9.17) is 27.9 Å². The second-order valence-electron chi connectivity index (χ2n) is 5.39. The molecule has 2 rings (SSSR count). The largest absolute Gasteiger partial charge is 0.497 e. The highest BCUT2D eigenvalue weighted by molar-refractivity contribution is 6.35. The van der Waals surface area contributed by atoms with Crippen LogP contribution in [-0.2, 0) is 11.3 Å². The van der Waals surface area contributed by atoms with Crippen molar-refractivity contribution < 1.29 is 9.53 Å². The summed E-state index contributed by atoms with van der Waals surface area (Å²) in [6.45, 7) is 2.63. The molecule has 0 spiro atoms. The molecule has 24 heavy (non-hydrogen) atoms. The van der Waals surface area contributed by atoms with Gasteiger partial charge in [-0.1, -0.05) is 41.4 Å². The number of ether oxygens (including phenoxy) is 1. The standard InChI is InChI=1S/C18H20Cl2N2O2/c1-12(16-8-5-14(19)9-17(16)20)21-11-18(23)22-10-13-3-6-15(24-2)7-4-13/h3-9,12,21H,10-11H2,1-2H3,(H,22,23)/t12-/m0/s1. The Balaban J connectivity index is 1.79. The van der Waals surface area contributed by atoms with Crippen LogP contribution in [0.25, 0.3) is 0 Å². The van der Waals surface area contributed by atoms with Crippen molar-refractivity contribution in [3.05, 3.63) is 63.6 Å². The molecule has 0 aromatic heterocycles. The first-order chi connectivity index (χ1) is 11.5. The van der Waals surface area contributed by atoms with Crippen molar-refractivity contribution in [3.63, 3.8) is 0 Å². The van der Waals surface area contributed by atoms with Crippen LogP contribution in [0.4, 0.5) is 0 Å². The average molecular weight is 367 g/mol. The molecule has 0 aliphatic heterocycles. The first-order valence-corrected chi connectivity index (χ1v) is 8.33. The number of hydrogen-bond donors (Lipinski definition) is 2. The van der Waals surface area contributed by atoms with Crippen LogP contribution in [0.3, 0.4) is 0 Å². The van der Waals surface area contributed by atoms with Crippen LogP contribution >= 0.6 is 23.2 Å². The normalized spacial score (nSPS) is 11.8.